The van der Waals surface area contributed by atoms with Crippen LogP contribution < -0.4 is 5.32 Å². The molecule has 0 radical (unpaired) electrons. The number of amides is 1. The summed E-state index contributed by atoms with van der Waals surface area (Å²) < 4.78 is 5.50. The summed E-state index contributed by atoms with van der Waals surface area (Å²) in [6, 6.07) is 7.28. The number of fused-ring (bicyclic) bond motifs is 1. The molecule has 0 bridgehead atoms. The van der Waals surface area contributed by atoms with Gasteiger partial charge in [-0.3, -0.25) is 9.59 Å². The number of aryl methyl sites for hydroxylation is 1. The van der Waals surface area contributed by atoms with E-state index in [0.29, 0.717) is 11.1 Å². The van der Waals surface area contributed by atoms with E-state index in [4.69, 9.17) is 9.52 Å². The molecule has 1 aromatic heterocycles. The number of furan rings is 1. The quantitative estimate of drug-likeness (QED) is 0.778. The van der Waals surface area contributed by atoms with Crippen LogP contribution in [-0.2, 0) is 4.79 Å². The Hall–Kier alpha value is -2.34. The standard InChI is InChI=1S/C15H17NO5/c1-9-10-5-3-4-6-11(10)21-13(9)14(19)16-8-15(2,20)7-12(17)18/h3-6,20H,7-8H2,1-2H3,(H,16,19)(H,17,18). The smallest absolute Gasteiger partial charge is 0.306 e. The normalized spacial score (nSPS) is 13.9. The molecule has 6 nitrogen and oxygen atoms in total. The lowest BCUT2D eigenvalue weighted by Gasteiger charge is -2.21. The Morgan fingerprint density at radius 3 is 2.62 bits per heavy atom. The maximum atomic E-state index is 12.1. The van der Waals surface area contributed by atoms with Gasteiger partial charge in [0.05, 0.1) is 12.0 Å². The van der Waals surface area contributed by atoms with Gasteiger partial charge in [-0.15, -0.1) is 0 Å². The Morgan fingerprint density at radius 2 is 2.00 bits per heavy atom. The molecule has 3 N–H and O–H groups in total. The van der Waals surface area contributed by atoms with Gasteiger partial charge in [0.15, 0.2) is 5.76 Å². The molecular formula is C15H17NO5. The van der Waals surface area contributed by atoms with Gasteiger partial charge in [-0.05, 0) is 19.9 Å². The second-order valence-corrected chi connectivity index (χ2v) is 5.30. The van der Waals surface area contributed by atoms with E-state index in [9.17, 15) is 14.7 Å². The van der Waals surface area contributed by atoms with Crippen LogP contribution in [0, 0.1) is 6.92 Å². The van der Waals surface area contributed by atoms with Gasteiger partial charge >= 0.3 is 5.97 Å². The molecule has 1 amide bonds. The fraction of sp³-hybridized carbons (Fsp3) is 0.333. The molecule has 112 valence electrons. The van der Waals surface area contributed by atoms with Gasteiger partial charge in [0, 0.05) is 17.5 Å². The number of carbonyl (C=O) groups excluding carboxylic acids is 1. The second-order valence-electron chi connectivity index (χ2n) is 5.30. The van der Waals surface area contributed by atoms with Crippen molar-refractivity contribution in [3.05, 3.63) is 35.6 Å². The van der Waals surface area contributed by atoms with Crippen LogP contribution in [0.25, 0.3) is 11.0 Å². The summed E-state index contributed by atoms with van der Waals surface area (Å²) in [6.07, 6.45) is -0.452. The van der Waals surface area contributed by atoms with Crippen molar-refractivity contribution in [1.29, 1.82) is 0 Å². The summed E-state index contributed by atoms with van der Waals surface area (Å²) in [7, 11) is 0. The highest BCUT2D eigenvalue weighted by Gasteiger charge is 2.26. The molecule has 1 aromatic carbocycles. The fourth-order valence-corrected chi connectivity index (χ4v) is 2.13. The number of nitrogens with one attached hydrogen (secondary N) is 1. The van der Waals surface area contributed by atoms with Crippen LogP contribution >= 0.6 is 0 Å². The summed E-state index contributed by atoms with van der Waals surface area (Å²) >= 11 is 0. The van der Waals surface area contributed by atoms with E-state index in [1.165, 1.54) is 6.92 Å². The average Bonchev–Trinajstić information content (AvgIpc) is 2.73. The first-order valence-electron chi connectivity index (χ1n) is 6.51. The number of rotatable bonds is 5. The van der Waals surface area contributed by atoms with Crippen molar-refractivity contribution >= 4 is 22.8 Å². The molecule has 0 aliphatic rings. The predicted octanol–water partition coefficient (Wildman–Crippen LogP) is 1.70. The maximum Gasteiger partial charge on any atom is 0.306 e. The molecule has 0 aliphatic carbocycles. The van der Waals surface area contributed by atoms with Crippen molar-refractivity contribution in [1.82, 2.24) is 5.32 Å². The van der Waals surface area contributed by atoms with E-state index >= 15 is 0 Å². The third kappa shape index (κ3) is 3.41. The van der Waals surface area contributed by atoms with E-state index in [-0.39, 0.29) is 12.3 Å². The highest BCUT2D eigenvalue weighted by Crippen LogP contribution is 2.24. The molecule has 0 saturated carbocycles. The molecule has 1 heterocycles. The van der Waals surface area contributed by atoms with E-state index < -0.39 is 23.9 Å². The van der Waals surface area contributed by atoms with Crippen LogP contribution in [0.2, 0.25) is 0 Å². The Labute approximate surface area is 121 Å². The molecule has 6 heteroatoms. The summed E-state index contributed by atoms with van der Waals surface area (Å²) in [4.78, 5) is 22.7. The predicted molar refractivity (Wildman–Crippen MR) is 76.2 cm³/mol. The van der Waals surface area contributed by atoms with Gasteiger partial charge in [0.25, 0.3) is 5.91 Å². The van der Waals surface area contributed by atoms with Crippen LogP contribution in [0.1, 0.15) is 29.5 Å². The Balaban J connectivity index is 2.12. The van der Waals surface area contributed by atoms with Crippen LogP contribution in [0.15, 0.2) is 28.7 Å². The zero-order valence-corrected chi connectivity index (χ0v) is 11.8. The second kappa shape index (κ2) is 5.57. The minimum atomic E-state index is -1.51. The van der Waals surface area contributed by atoms with Crippen molar-refractivity contribution in [3.8, 4) is 0 Å². The van der Waals surface area contributed by atoms with Gasteiger partial charge in [-0.2, -0.15) is 0 Å². The number of hydrogen-bond acceptors (Lipinski definition) is 4. The molecule has 2 rings (SSSR count). The number of aliphatic carboxylic acids is 1. The lowest BCUT2D eigenvalue weighted by atomic mass is 10.0. The van der Waals surface area contributed by atoms with Crippen molar-refractivity contribution in [3.63, 3.8) is 0 Å². The van der Waals surface area contributed by atoms with Gasteiger partial charge in [-0.1, -0.05) is 18.2 Å². The van der Waals surface area contributed by atoms with E-state index in [0.717, 1.165) is 5.39 Å². The van der Waals surface area contributed by atoms with Crippen LogP contribution in [0.4, 0.5) is 0 Å². The number of hydrogen-bond donors (Lipinski definition) is 3. The number of carbonyl (C=O) groups is 2. The average molecular weight is 291 g/mol. The van der Waals surface area contributed by atoms with Gasteiger partial charge in [0.2, 0.25) is 0 Å². The van der Waals surface area contributed by atoms with Crippen molar-refractivity contribution in [2.24, 2.45) is 0 Å². The first-order chi connectivity index (χ1) is 9.80. The molecule has 21 heavy (non-hydrogen) atoms. The van der Waals surface area contributed by atoms with Crippen molar-refractivity contribution < 1.29 is 24.2 Å². The Kier molecular flexibility index (Phi) is 3.99. The third-order valence-corrected chi connectivity index (χ3v) is 3.21. The highest BCUT2D eigenvalue weighted by atomic mass is 16.4. The number of aliphatic hydroxyl groups is 1. The largest absolute Gasteiger partial charge is 0.481 e. The summed E-state index contributed by atoms with van der Waals surface area (Å²) in [5.41, 5.74) is -0.195. The van der Waals surface area contributed by atoms with E-state index in [1.54, 1.807) is 13.0 Å². The molecule has 1 atom stereocenters. The van der Waals surface area contributed by atoms with E-state index in [1.807, 2.05) is 18.2 Å². The number of carboxylic acids is 1. The van der Waals surface area contributed by atoms with Crippen molar-refractivity contribution in [2.75, 3.05) is 6.54 Å². The highest BCUT2D eigenvalue weighted by molar-refractivity contribution is 5.98. The molecule has 0 aliphatic heterocycles. The molecular weight excluding hydrogens is 274 g/mol. The van der Waals surface area contributed by atoms with Crippen LogP contribution in [0.3, 0.4) is 0 Å². The molecule has 0 saturated heterocycles. The summed E-state index contributed by atoms with van der Waals surface area (Å²) in [6.45, 7) is 2.96. The van der Waals surface area contributed by atoms with E-state index in [2.05, 4.69) is 5.32 Å². The minimum absolute atomic E-state index is 0.169. The lowest BCUT2D eigenvalue weighted by Crippen LogP contribution is -2.42. The molecule has 2 aromatic rings. The number of benzene rings is 1. The molecule has 1 unspecified atom stereocenters. The summed E-state index contributed by atoms with van der Waals surface area (Å²) in [5, 5.41) is 21.9. The van der Waals surface area contributed by atoms with Crippen molar-refractivity contribution in [2.45, 2.75) is 25.9 Å². The zero-order chi connectivity index (χ0) is 15.6. The summed E-state index contributed by atoms with van der Waals surface area (Å²) in [5.74, 6) is -1.44. The molecule has 0 spiro atoms. The lowest BCUT2D eigenvalue weighted by molar-refractivity contribution is -0.141. The maximum absolute atomic E-state index is 12.1. The number of carboxylic acid groups (broad SMARTS) is 1. The van der Waals surface area contributed by atoms with Crippen LogP contribution in [-0.4, -0.2) is 34.2 Å². The monoisotopic (exact) mass is 291 g/mol. The zero-order valence-electron chi connectivity index (χ0n) is 11.8. The number of para-hydroxylation sites is 1. The topological polar surface area (TPSA) is 99.8 Å². The minimum Gasteiger partial charge on any atom is -0.481 e. The fourth-order valence-electron chi connectivity index (χ4n) is 2.13. The Morgan fingerprint density at radius 1 is 1.33 bits per heavy atom. The third-order valence-electron chi connectivity index (χ3n) is 3.21. The van der Waals surface area contributed by atoms with Gasteiger partial charge in [-0.25, -0.2) is 0 Å². The first-order valence-corrected chi connectivity index (χ1v) is 6.51. The Bertz CT molecular complexity index is 686. The SMILES string of the molecule is Cc1c(C(=O)NCC(C)(O)CC(=O)O)oc2ccccc12. The van der Waals surface area contributed by atoms with Crippen LogP contribution in [0.5, 0.6) is 0 Å². The first kappa shape index (κ1) is 15.1. The van der Waals surface area contributed by atoms with Gasteiger partial charge < -0.3 is 19.9 Å². The molecule has 0 fully saturated rings. The van der Waals surface area contributed by atoms with Gasteiger partial charge in [0.1, 0.15) is 5.58 Å².